The molecule has 1 heterocycles. The van der Waals surface area contributed by atoms with Gasteiger partial charge >= 0.3 is 0 Å². The van der Waals surface area contributed by atoms with Gasteiger partial charge in [-0.25, -0.2) is 8.78 Å². The van der Waals surface area contributed by atoms with Crippen molar-refractivity contribution < 1.29 is 23.2 Å². The predicted octanol–water partition coefficient (Wildman–Crippen LogP) is 1.42. The van der Waals surface area contributed by atoms with Crippen molar-refractivity contribution in [3.63, 3.8) is 0 Å². The van der Waals surface area contributed by atoms with Gasteiger partial charge in [-0.15, -0.1) is 0 Å². The molecule has 2 fully saturated rings. The number of hydrogen-bond acceptors (Lipinski definition) is 3. The molecule has 2 N–H and O–H groups in total. The summed E-state index contributed by atoms with van der Waals surface area (Å²) in [5.74, 6) is -2.65. The number of nitrogens with zero attached hydrogens (tertiary/aromatic N) is 1. The largest absolute Gasteiger partial charge is 0.350 e. The van der Waals surface area contributed by atoms with Crippen LogP contribution in [-0.2, 0) is 9.59 Å². The van der Waals surface area contributed by atoms with E-state index in [1.807, 2.05) is 0 Å². The minimum absolute atomic E-state index is 0.173. The summed E-state index contributed by atoms with van der Waals surface area (Å²) in [6, 6.07) is 4.68. The molecule has 0 unspecified atom stereocenters. The highest BCUT2D eigenvalue weighted by Crippen LogP contribution is 2.41. The zero-order valence-corrected chi connectivity index (χ0v) is 13.3. The van der Waals surface area contributed by atoms with Crippen LogP contribution in [0.25, 0.3) is 0 Å². The molecule has 4 rings (SSSR count). The number of carbonyl (C=O) groups is 3. The second kappa shape index (κ2) is 5.79. The van der Waals surface area contributed by atoms with Crippen molar-refractivity contribution in [2.24, 2.45) is 11.8 Å². The lowest BCUT2D eigenvalue weighted by Gasteiger charge is -2.25. The summed E-state index contributed by atoms with van der Waals surface area (Å²) in [5, 5.41) is 5.30. The predicted molar refractivity (Wildman–Crippen MR) is 85.8 cm³/mol. The molecule has 2 saturated carbocycles. The monoisotopic (exact) mass is 349 g/mol. The molecular formula is C17H17F2N3O3. The Morgan fingerprint density at radius 1 is 1.16 bits per heavy atom. The molecule has 8 heteroatoms. The molecule has 2 aliphatic carbocycles. The molecule has 6 nitrogen and oxygen atoms in total. The average Bonchev–Trinajstić information content (AvgIpc) is 3.48. The van der Waals surface area contributed by atoms with Crippen molar-refractivity contribution in [2.75, 3.05) is 23.3 Å². The van der Waals surface area contributed by atoms with E-state index >= 15 is 0 Å². The van der Waals surface area contributed by atoms with E-state index in [-0.39, 0.29) is 48.8 Å². The van der Waals surface area contributed by atoms with Crippen LogP contribution in [0.3, 0.4) is 0 Å². The molecule has 1 aromatic rings. The smallest absolute Gasteiger partial charge is 0.253 e. The minimum Gasteiger partial charge on any atom is -0.350 e. The lowest BCUT2D eigenvalue weighted by atomic mass is 10.1. The van der Waals surface area contributed by atoms with Crippen molar-refractivity contribution in [3.05, 3.63) is 23.8 Å². The Bertz CT molecular complexity index is 770. The summed E-state index contributed by atoms with van der Waals surface area (Å²) in [6.07, 6.45) is -1.97. The first kappa shape index (κ1) is 16.0. The van der Waals surface area contributed by atoms with Crippen LogP contribution in [-0.4, -0.2) is 43.2 Å². The number of nitrogens with one attached hydrogen (secondary N) is 2. The summed E-state index contributed by atoms with van der Waals surface area (Å²) in [7, 11) is 0. The number of amides is 3. The van der Waals surface area contributed by atoms with Gasteiger partial charge in [-0.1, -0.05) is 6.07 Å². The van der Waals surface area contributed by atoms with E-state index in [4.69, 9.17) is 0 Å². The van der Waals surface area contributed by atoms with Gasteiger partial charge in [-0.3, -0.25) is 14.4 Å². The summed E-state index contributed by atoms with van der Waals surface area (Å²) < 4.78 is 26.5. The van der Waals surface area contributed by atoms with Crippen molar-refractivity contribution in [3.8, 4) is 0 Å². The van der Waals surface area contributed by atoms with Crippen molar-refractivity contribution in [1.29, 1.82) is 0 Å². The molecule has 3 aliphatic rings. The number of anilines is 2. The number of hydrogen-bond donors (Lipinski definition) is 2. The Hall–Kier alpha value is -2.51. The van der Waals surface area contributed by atoms with Gasteiger partial charge in [-0.05, 0) is 25.0 Å². The van der Waals surface area contributed by atoms with E-state index in [1.54, 1.807) is 18.2 Å². The maximum atomic E-state index is 13.4. The van der Waals surface area contributed by atoms with Gasteiger partial charge in [0.25, 0.3) is 5.91 Å². The number of benzene rings is 1. The minimum atomic E-state index is -1.16. The van der Waals surface area contributed by atoms with E-state index in [9.17, 15) is 23.2 Å². The second-order valence-electron chi connectivity index (χ2n) is 6.65. The van der Waals surface area contributed by atoms with Crippen LogP contribution < -0.4 is 15.5 Å². The maximum Gasteiger partial charge on any atom is 0.253 e. The molecule has 132 valence electrons. The van der Waals surface area contributed by atoms with Crippen LogP contribution in [0, 0.1) is 11.8 Å². The Morgan fingerprint density at radius 2 is 1.84 bits per heavy atom. The normalized spacial score (nSPS) is 30.0. The Kier molecular flexibility index (Phi) is 3.70. The molecule has 0 radical (unpaired) electrons. The SMILES string of the molecule is O=C1NCCN(C(=O)[C@@H]2C[C@H]2F)c2c(NC(=O)[C@@H]3C[C@H]3F)cccc21. The van der Waals surface area contributed by atoms with E-state index < -0.39 is 36.0 Å². The molecule has 0 saturated heterocycles. The fourth-order valence-corrected chi connectivity index (χ4v) is 3.11. The number of alkyl halides is 2. The fourth-order valence-electron chi connectivity index (χ4n) is 3.11. The first-order valence-electron chi connectivity index (χ1n) is 8.29. The Labute approximate surface area is 142 Å². The van der Waals surface area contributed by atoms with E-state index in [0.29, 0.717) is 0 Å². The van der Waals surface area contributed by atoms with E-state index in [0.717, 1.165) is 0 Å². The van der Waals surface area contributed by atoms with Crippen LogP contribution in [0.2, 0.25) is 0 Å². The quantitative estimate of drug-likeness (QED) is 0.866. The average molecular weight is 349 g/mol. The van der Waals surface area contributed by atoms with Gasteiger partial charge in [0.2, 0.25) is 11.8 Å². The van der Waals surface area contributed by atoms with Gasteiger partial charge in [0.1, 0.15) is 12.3 Å². The van der Waals surface area contributed by atoms with Crippen molar-refractivity contribution in [1.82, 2.24) is 5.32 Å². The fraction of sp³-hybridized carbons (Fsp3) is 0.471. The molecule has 4 atom stereocenters. The van der Waals surface area contributed by atoms with Gasteiger partial charge in [0.15, 0.2) is 0 Å². The lowest BCUT2D eigenvalue weighted by molar-refractivity contribution is -0.120. The molecular weight excluding hydrogens is 332 g/mol. The van der Waals surface area contributed by atoms with E-state index in [2.05, 4.69) is 10.6 Å². The zero-order chi connectivity index (χ0) is 17.7. The topological polar surface area (TPSA) is 78.5 Å². The third-order valence-corrected chi connectivity index (χ3v) is 4.77. The van der Waals surface area contributed by atoms with Gasteiger partial charge in [0.05, 0.1) is 28.8 Å². The third-order valence-electron chi connectivity index (χ3n) is 4.77. The van der Waals surface area contributed by atoms with Gasteiger partial charge < -0.3 is 15.5 Å². The molecule has 0 bridgehead atoms. The molecule has 1 aliphatic heterocycles. The van der Waals surface area contributed by atoms with Crippen LogP contribution in [0.1, 0.15) is 23.2 Å². The van der Waals surface area contributed by atoms with Gasteiger partial charge in [-0.2, -0.15) is 0 Å². The van der Waals surface area contributed by atoms with Crippen LogP contribution in [0.15, 0.2) is 18.2 Å². The molecule has 1 aromatic carbocycles. The van der Waals surface area contributed by atoms with Crippen LogP contribution >= 0.6 is 0 Å². The highest BCUT2D eigenvalue weighted by atomic mass is 19.1. The summed E-state index contributed by atoms with van der Waals surface area (Å²) in [5.41, 5.74) is 0.751. The number of fused-ring (bicyclic) bond motifs is 1. The summed E-state index contributed by atoms with van der Waals surface area (Å²) in [4.78, 5) is 38.3. The summed E-state index contributed by atoms with van der Waals surface area (Å²) >= 11 is 0. The highest BCUT2D eigenvalue weighted by Gasteiger charge is 2.47. The second-order valence-corrected chi connectivity index (χ2v) is 6.65. The number of halogens is 2. The molecule has 0 spiro atoms. The van der Waals surface area contributed by atoms with Crippen molar-refractivity contribution in [2.45, 2.75) is 25.2 Å². The standard InChI is InChI=1S/C17H17F2N3O3/c18-11-6-9(11)16(24)21-13-3-1-2-8-14(13)22(5-4-20-15(8)23)17(25)10-7-12(10)19/h1-3,9-12H,4-7H2,(H,20,23)(H,21,24)/t9-,10-,11-,12-/m1/s1. The summed E-state index contributed by atoms with van der Waals surface area (Å²) in [6.45, 7) is 0.411. The van der Waals surface area contributed by atoms with Crippen LogP contribution in [0.4, 0.5) is 20.2 Å². The molecule has 3 amide bonds. The Morgan fingerprint density at radius 3 is 2.48 bits per heavy atom. The molecule has 25 heavy (non-hydrogen) atoms. The lowest BCUT2D eigenvalue weighted by Crippen LogP contribution is -2.37. The first-order valence-corrected chi connectivity index (χ1v) is 8.29. The van der Waals surface area contributed by atoms with Gasteiger partial charge in [0, 0.05) is 13.1 Å². The number of carbonyl (C=O) groups excluding carboxylic acids is 3. The third kappa shape index (κ3) is 2.85. The zero-order valence-electron chi connectivity index (χ0n) is 13.3. The number of rotatable bonds is 3. The van der Waals surface area contributed by atoms with E-state index in [1.165, 1.54) is 4.90 Å². The molecule has 0 aromatic heterocycles. The highest BCUT2D eigenvalue weighted by molar-refractivity contribution is 6.12. The Balaban J connectivity index is 1.71. The van der Waals surface area contributed by atoms with Crippen molar-refractivity contribution >= 4 is 29.1 Å². The first-order chi connectivity index (χ1) is 12.0. The van der Waals surface area contributed by atoms with Crippen LogP contribution in [0.5, 0.6) is 0 Å². The number of para-hydroxylation sites is 1. The maximum absolute atomic E-state index is 13.4.